The zero-order valence-corrected chi connectivity index (χ0v) is 14.1. The third kappa shape index (κ3) is 4.36. The molecule has 0 fully saturated rings. The van der Waals surface area contributed by atoms with Gasteiger partial charge in [-0.3, -0.25) is 10.3 Å². The van der Waals surface area contributed by atoms with E-state index in [1.807, 2.05) is 44.2 Å². The maximum atomic E-state index is 11.9. The highest BCUT2D eigenvalue weighted by Gasteiger charge is 2.13. The van der Waals surface area contributed by atoms with Gasteiger partial charge in [0.25, 0.3) is 0 Å². The van der Waals surface area contributed by atoms with Crippen LogP contribution in [0.1, 0.15) is 16.7 Å². The molecule has 2 aromatic carbocycles. The fraction of sp³-hybridized carbons (Fsp3) is 0.211. The van der Waals surface area contributed by atoms with Gasteiger partial charge >= 0.3 is 5.97 Å². The van der Waals surface area contributed by atoms with Crippen molar-refractivity contribution in [2.75, 3.05) is 7.11 Å². The average molecular weight is 327 g/mol. The Morgan fingerprint density at radius 3 is 2.42 bits per heavy atom. The molecule has 0 radical (unpaired) electrons. The highest BCUT2D eigenvalue weighted by atomic mass is 16.6. The number of nitrogens with one attached hydrogen (secondary N) is 1. The molecule has 0 heterocycles. The minimum atomic E-state index is -0.614. The van der Waals surface area contributed by atoms with Crippen molar-refractivity contribution in [3.8, 4) is 11.5 Å². The molecule has 0 aromatic heterocycles. The van der Waals surface area contributed by atoms with Crippen molar-refractivity contribution in [3.63, 3.8) is 0 Å². The molecule has 2 rings (SSSR count). The number of carbonyl (C=O) groups excluding carboxylic acids is 1. The Labute approximate surface area is 141 Å². The maximum absolute atomic E-state index is 11.9. The smallest absolute Gasteiger partial charge is 0.361 e. The normalized spacial score (nSPS) is 10.1. The monoisotopic (exact) mass is 327 g/mol. The van der Waals surface area contributed by atoms with Crippen LogP contribution in [-0.2, 0) is 16.2 Å². The molecule has 0 unspecified atom stereocenters. The quantitative estimate of drug-likeness (QED) is 0.365. The van der Waals surface area contributed by atoms with Gasteiger partial charge < -0.3 is 9.47 Å². The summed E-state index contributed by atoms with van der Waals surface area (Å²) in [5.74, 6) is 0.647. The molecule has 0 aliphatic carbocycles. The zero-order chi connectivity index (χ0) is 17.5. The molecule has 126 valence electrons. The lowest BCUT2D eigenvalue weighted by Crippen LogP contribution is -2.22. The van der Waals surface area contributed by atoms with Crippen LogP contribution in [0.4, 0.5) is 0 Å². The predicted molar refractivity (Wildman–Crippen MR) is 91.6 cm³/mol. The second kappa shape index (κ2) is 8.17. The predicted octanol–water partition coefficient (Wildman–Crippen LogP) is 3.45. The number of ether oxygens (including phenoxy) is 2. The Bertz CT molecular complexity index is 720. The van der Waals surface area contributed by atoms with E-state index in [0.29, 0.717) is 12.4 Å². The first-order valence-corrected chi connectivity index (χ1v) is 7.50. The van der Waals surface area contributed by atoms with Gasteiger partial charge in [-0.2, -0.15) is 0 Å². The Morgan fingerprint density at radius 1 is 1.08 bits per heavy atom. The highest BCUT2D eigenvalue weighted by molar-refractivity contribution is 5.88. The standard InChI is InChI=1S/C19H21NO4/c1-13-8-7-9-14(2)18(13)23-12-16-10-5-6-11-17(16)24-19(21)15(3)20-22-4/h5-11,20H,3,12H2,1-2,4H3. The van der Waals surface area contributed by atoms with Gasteiger partial charge in [-0.1, -0.05) is 43.0 Å². The summed E-state index contributed by atoms with van der Waals surface area (Å²) in [5.41, 5.74) is 5.25. The van der Waals surface area contributed by atoms with Gasteiger partial charge in [0.05, 0.1) is 7.11 Å². The summed E-state index contributed by atoms with van der Waals surface area (Å²) in [6.45, 7) is 7.83. The van der Waals surface area contributed by atoms with E-state index in [2.05, 4.69) is 16.9 Å². The number of hydrogen-bond acceptors (Lipinski definition) is 5. The number of aryl methyl sites for hydroxylation is 2. The van der Waals surface area contributed by atoms with Crippen molar-refractivity contribution < 1.29 is 19.1 Å². The molecule has 1 N–H and O–H groups in total. The van der Waals surface area contributed by atoms with E-state index in [9.17, 15) is 4.79 Å². The molecule has 24 heavy (non-hydrogen) atoms. The minimum Gasteiger partial charge on any atom is -0.488 e. The number of rotatable bonds is 7. The molecule has 0 bridgehead atoms. The summed E-state index contributed by atoms with van der Waals surface area (Å²) in [6, 6.07) is 13.2. The molecule has 0 spiro atoms. The average Bonchev–Trinajstić information content (AvgIpc) is 2.56. The summed E-state index contributed by atoms with van der Waals surface area (Å²) in [4.78, 5) is 16.6. The highest BCUT2D eigenvalue weighted by Crippen LogP contribution is 2.26. The second-order valence-electron chi connectivity index (χ2n) is 5.29. The van der Waals surface area contributed by atoms with Gasteiger partial charge in [0, 0.05) is 5.56 Å². The summed E-state index contributed by atoms with van der Waals surface area (Å²) < 4.78 is 11.3. The third-order valence-electron chi connectivity index (χ3n) is 3.43. The summed E-state index contributed by atoms with van der Waals surface area (Å²) in [7, 11) is 1.39. The first kappa shape index (κ1) is 17.6. The fourth-order valence-corrected chi connectivity index (χ4v) is 2.23. The second-order valence-corrected chi connectivity index (χ2v) is 5.29. The minimum absolute atomic E-state index is 0.0166. The van der Waals surface area contributed by atoms with Crippen LogP contribution in [0.3, 0.4) is 0 Å². The molecule has 2 aromatic rings. The van der Waals surface area contributed by atoms with Crippen molar-refractivity contribution in [1.29, 1.82) is 0 Å². The fourth-order valence-electron chi connectivity index (χ4n) is 2.23. The Balaban J connectivity index is 2.12. The third-order valence-corrected chi connectivity index (χ3v) is 3.43. The summed E-state index contributed by atoms with van der Waals surface area (Å²) in [5, 5.41) is 0. The Morgan fingerprint density at radius 2 is 1.75 bits per heavy atom. The van der Waals surface area contributed by atoms with E-state index in [0.717, 1.165) is 22.4 Å². The Kier molecular flexibility index (Phi) is 5.98. The molecule has 0 aliphatic rings. The van der Waals surface area contributed by atoms with E-state index >= 15 is 0 Å². The van der Waals surface area contributed by atoms with Gasteiger partial charge in [0.1, 0.15) is 23.8 Å². The van der Waals surface area contributed by atoms with E-state index in [1.165, 1.54) is 7.11 Å². The molecular formula is C19H21NO4. The number of hydroxylamine groups is 1. The van der Waals surface area contributed by atoms with Crippen LogP contribution < -0.4 is 15.0 Å². The SMILES string of the molecule is C=C(NOC)C(=O)Oc1ccccc1COc1c(C)cccc1C. The first-order chi connectivity index (χ1) is 11.5. The number of hydrogen-bond donors (Lipinski definition) is 1. The molecule has 0 amide bonds. The van der Waals surface area contributed by atoms with Crippen molar-refractivity contribution in [2.24, 2.45) is 0 Å². The molecule has 5 nitrogen and oxygen atoms in total. The van der Waals surface area contributed by atoms with Crippen molar-refractivity contribution in [2.45, 2.75) is 20.5 Å². The number of benzene rings is 2. The van der Waals surface area contributed by atoms with Crippen molar-refractivity contribution >= 4 is 5.97 Å². The van der Waals surface area contributed by atoms with E-state index in [1.54, 1.807) is 12.1 Å². The summed E-state index contributed by atoms with van der Waals surface area (Å²) >= 11 is 0. The number of carbonyl (C=O) groups is 1. The lowest BCUT2D eigenvalue weighted by molar-refractivity contribution is -0.131. The lowest BCUT2D eigenvalue weighted by atomic mass is 10.1. The van der Waals surface area contributed by atoms with Crippen molar-refractivity contribution in [3.05, 3.63) is 71.4 Å². The van der Waals surface area contributed by atoms with Gasteiger partial charge in [-0.15, -0.1) is 0 Å². The summed E-state index contributed by atoms with van der Waals surface area (Å²) in [6.07, 6.45) is 0. The van der Waals surface area contributed by atoms with Crippen LogP contribution in [0.5, 0.6) is 11.5 Å². The molecule has 0 atom stereocenters. The van der Waals surface area contributed by atoms with E-state index in [4.69, 9.17) is 9.47 Å². The van der Waals surface area contributed by atoms with E-state index in [-0.39, 0.29) is 5.70 Å². The molecule has 0 saturated heterocycles. The van der Waals surface area contributed by atoms with Crippen molar-refractivity contribution in [1.82, 2.24) is 5.48 Å². The van der Waals surface area contributed by atoms with Gasteiger partial charge in [0.2, 0.25) is 0 Å². The first-order valence-electron chi connectivity index (χ1n) is 7.50. The number of esters is 1. The van der Waals surface area contributed by atoms with Crippen LogP contribution in [0.2, 0.25) is 0 Å². The Hall–Kier alpha value is -2.79. The molecular weight excluding hydrogens is 306 g/mol. The van der Waals surface area contributed by atoms with Gasteiger partial charge in [-0.05, 0) is 31.0 Å². The van der Waals surface area contributed by atoms with Crippen LogP contribution in [0.25, 0.3) is 0 Å². The maximum Gasteiger partial charge on any atom is 0.361 e. The zero-order valence-electron chi connectivity index (χ0n) is 14.1. The van der Waals surface area contributed by atoms with E-state index < -0.39 is 5.97 Å². The van der Waals surface area contributed by atoms with Crippen LogP contribution >= 0.6 is 0 Å². The van der Waals surface area contributed by atoms with Gasteiger partial charge in [-0.25, -0.2) is 4.79 Å². The molecule has 0 saturated carbocycles. The van der Waals surface area contributed by atoms with Gasteiger partial charge in [0.15, 0.2) is 0 Å². The largest absolute Gasteiger partial charge is 0.488 e. The molecule has 5 heteroatoms. The van der Waals surface area contributed by atoms with Crippen LogP contribution in [0, 0.1) is 13.8 Å². The van der Waals surface area contributed by atoms with Crippen LogP contribution in [-0.4, -0.2) is 13.1 Å². The topological polar surface area (TPSA) is 56.8 Å². The number of para-hydroxylation sites is 2. The molecule has 0 aliphatic heterocycles. The lowest BCUT2D eigenvalue weighted by Gasteiger charge is -2.14. The van der Waals surface area contributed by atoms with Crippen LogP contribution in [0.15, 0.2) is 54.7 Å².